The number of carbonyl (C=O) groups excluding carboxylic acids is 1. The molecule has 2 amide bonds. The summed E-state index contributed by atoms with van der Waals surface area (Å²) in [6.45, 7) is 4.43. The van der Waals surface area contributed by atoms with Gasteiger partial charge in [0.05, 0.1) is 6.54 Å². The van der Waals surface area contributed by atoms with Gasteiger partial charge in [-0.1, -0.05) is 5.16 Å². The Morgan fingerprint density at radius 1 is 1.14 bits per heavy atom. The fourth-order valence-corrected chi connectivity index (χ4v) is 3.43. The Bertz CT molecular complexity index is 548. The number of nitrogens with zero attached hydrogens (tertiary/aromatic N) is 5. The maximum absolute atomic E-state index is 12.1. The van der Waals surface area contributed by atoms with E-state index in [4.69, 9.17) is 4.52 Å². The van der Waals surface area contributed by atoms with E-state index in [9.17, 15) is 4.79 Å². The van der Waals surface area contributed by atoms with E-state index in [1.54, 1.807) is 0 Å². The number of hydrogen-bond donors (Lipinski definition) is 0. The van der Waals surface area contributed by atoms with E-state index in [2.05, 4.69) is 15.0 Å². The van der Waals surface area contributed by atoms with Gasteiger partial charge in [-0.25, -0.2) is 4.79 Å². The minimum absolute atomic E-state index is 0.185. The normalized spacial score (nSPS) is 24.5. The Hall–Kier alpha value is -1.63. The Morgan fingerprint density at radius 3 is 2.55 bits per heavy atom. The van der Waals surface area contributed by atoms with E-state index in [1.807, 2.05) is 16.8 Å². The van der Waals surface area contributed by atoms with Crippen LogP contribution in [0.5, 0.6) is 0 Å². The van der Waals surface area contributed by atoms with Crippen molar-refractivity contribution in [3.8, 4) is 0 Å². The first-order valence-corrected chi connectivity index (χ1v) is 8.27. The van der Waals surface area contributed by atoms with Gasteiger partial charge in [-0.3, -0.25) is 4.90 Å². The third kappa shape index (κ3) is 2.69. The van der Waals surface area contributed by atoms with Crippen LogP contribution in [0.4, 0.5) is 4.79 Å². The molecule has 3 aliphatic rings. The van der Waals surface area contributed by atoms with Gasteiger partial charge in [-0.15, -0.1) is 0 Å². The molecule has 0 unspecified atom stereocenters. The zero-order valence-corrected chi connectivity index (χ0v) is 13.1. The first kappa shape index (κ1) is 14.0. The highest BCUT2D eigenvalue weighted by atomic mass is 16.5. The van der Waals surface area contributed by atoms with Gasteiger partial charge in [0.15, 0.2) is 5.82 Å². The molecule has 0 aromatic carbocycles. The van der Waals surface area contributed by atoms with Gasteiger partial charge < -0.3 is 14.3 Å². The standard InChI is InChI=1S/C15H23N5O2/c1-18-8-9-20(15(18)21)12-4-6-19(7-5-12)10-13-16-14(17-22-13)11-2-3-11/h11-12H,2-10H2,1H3. The third-order valence-electron chi connectivity index (χ3n) is 5.03. The highest BCUT2D eigenvalue weighted by Crippen LogP contribution is 2.38. The number of amides is 2. The smallest absolute Gasteiger partial charge is 0.320 e. The average molecular weight is 305 g/mol. The number of likely N-dealkylation sites (tertiary alicyclic amines) is 1. The molecule has 7 heteroatoms. The summed E-state index contributed by atoms with van der Waals surface area (Å²) in [5, 5.41) is 4.07. The van der Waals surface area contributed by atoms with Crippen LogP contribution in [-0.4, -0.2) is 70.1 Å². The summed E-state index contributed by atoms with van der Waals surface area (Å²) in [7, 11) is 1.88. The molecule has 1 saturated carbocycles. The maximum Gasteiger partial charge on any atom is 0.320 e. The fraction of sp³-hybridized carbons (Fsp3) is 0.800. The largest absolute Gasteiger partial charge is 0.338 e. The lowest BCUT2D eigenvalue weighted by atomic mass is 10.0. The van der Waals surface area contributed by atoms with Crippen LogP contribution in [-0.2, 0) is 6.54 Å². The van der Waals surface area contributed by atoms with Gasteiger partial charge in [0.1, 0.15) is 0 Å². The molecule has 0 N–H and O–H groups in total. The van der Waals surface area contributed by atoms with E-state index in [0.29, 0.717) is 12.0 Å². The molecule has 2 saturated heterocycles. The second-order valence-electron chi connectivity index (χ2n) is 6.73. The molecule has 2 aliphatic heterocycles. The van der Waals surface area contributed by atoms with E-state index >= 15 is 0 Å². The molecule has 0 spiro atoms. The molecule has 1 aliphatic carbocycles. The Balaban J connectivity index is 1.29. The summed E-state index contributed by atoms with van der Waals surface area (Å²) >= 11 is 0. The van der Waals surface area contributed by atoms with Crippen molar-refractivity contribution in [1.82, 2.24) is 24.8 Å². The van der Waals surface area contributed by atoms with E-state index < -0.39 is 0 Å². The molecule has 0 atom stereocenters. The molecule has 120 valence electrons. The Kier molecular flexibility index (Phi) is 3.52. The first-order chi connectivity index (χ1) is 10.7. The zero-order chi connectivity index (χ0) is 15.1. The monoisotopic (exact) mass is 305 g/mol. The molecular formula is C15H23N5O2. The van der Waals surface area contributed by atoms with Crippen LogP contribution in [0.3, 0.4) is 0 Å². The molecule has 3 heterocycles. The molecule has 3 fully saturated rings. The zero-order valence-electron chi connectivity index (χ0n) is 13.1. The minimum Gasteiger partial charge on any atom is -0.338 e. The SMILES string of the molecule is CN1CCN(C2CCN(Cc3nc(C4CC4)no3)CC2)C1=O. The predicted octanol–water partition coefficient (Wildman–Crippen LogP) is 1.28. The molecule has 7 nitrogen and oxygen atoms in total. The highest BCUT2D eigenvalue weighted by molar-refractivity contribution is 5.76. The number of rotatable bonds is 4. The predicted molar refractivity (Wildman–Crippen MR) is 79.3 cm³/mol. The number of carbonyl (C=O) groups is 1. The quantitative estimate of drug-likeness (QED) is 0.838. The van der Waals surface area contributed by atoms with Crippen molar-refractivity contribution < 1.29 is 9.32 Å². The number of likely N-dealkylation sites (N-methyl/N-ethyl adjacent to an activating group) is 1. The Labute approximate surface area is 130 Å². The number of urea groups is 1. The lowest BCUT2D eigenvalue weighted by molar-refractivity contribution is 0.120. The van der Waals surface area contributed by atoms with E-state index in [0.717, 1.165) is 57.3 Å². The van der Waals surface area contributed by atoms with Crippen LogP contribution >= 0.6 is 0 Å². The summed E-state index contributed by atoms with van der Waals surface area (Å²) in [6, 6.07) is 0.572. The first-order valence-electron chi connectivity index (χ1n) is 8.27. The van der Waals surface area contributed by atoms with Crippen molar-refractivity contribution in [3.63, 3.8) is 0 Å². The van der Waals surface area contributed by atoms with Crippen molar-refractivity contribution in [2.45, 2.75) is 44.2 Å². The summed E-state index contributed by atoms with van der Waals surface area (Å²) in [6.07, 6.45) is 4.46. The summed E-state index contributed by atoms with van der Waals surface area (Å²) in [4.78, 5) is 22.7. The van der Waals surface area contributed by atoms with Gasteiger partial charge in [0.25, 0.3) is 0 Å². The van der Waals surface area contributed by atoms with Crippen LogP contribution in [0.15, 0.2) is 4.52 Å². The summed E-state index contributed by atoms with van der Waals surface area (Å²) in [5.41, 5.74) is 0. The van der Waals surface area contributed by atoms with Gasteiger partial charge in [-0.05, 0) is 25.7 Å². The molecule has 4 rings (SSSR count). The molecule has 0 radical (unpaired) electrons. The summed E-state index contributed by atoms with van der Waals surface area (Å²) < 4.78 is 5.35. The topological polar surface area (TPSA) is 65.7 Å². The van der Waals surface area contributed by atoms with Crippen LogP contribution < -0.4 is 0 Å². The second-order valence-corrected chi connectivity index (χ2v) is 6.73. The number of hydrogen-bond acceptors (Lipinski definition) is 5. The molecule has 1 aromatic rings. The molecule has 0 bridgehead atoms. The van der Waals surface area contributed by atoms with Crippen molar-refractivity contribution in [2.24, 2.45) is 0 Å². The summed E-state index contributed by atoms with van der Waals surface area (Å²) in [5.74, 6) is 2.16. The maximum atomic E-state index is 12.1. The van der Waals surface area contributed by atoms with Crippen LogP contribution in [0.2, 0.25) is 0 Å². The van der Waals surface area contributed by atoms with Crippen molar-refractivity contribution in [1.29, 1.82) is 0 Å². The van der Waals surface area contributed by atoms with Gasteiger partial charge in [0.2, 0.25) is 5.89 Å². The van der Waals surface area contributed by atoms with E-state index in [-0.39, 0.29) is 6.03 Å². The lowest BCUT2D eigenvalue weighted by Crippen LogP contribution is -2.46. The van der Waals surface area contributed by atoms with Gasteiger partial charge in [-0.2, -0.15) is 4.98 Å². The van der Waals surface area contributed by atoms with Crippen molar-refractivity contribution >= 4 is 6.03 Å². The highest BCUT2D eigenvalue weighted by Gasteiger charge is 2.34. The molecule has 22 heavy (non-hydrogen) atoms. The van der Waals surface area contributed by atoms with Crippen molar-refractivity contribution in [2.75, 3.05) is 33.2 Å². The minimum atomic E-state index is 0.185. The molecular weight excluding hydrogens is 282 g/mol. The van der Waals surface area contributed by atoms with Crippen LogP contribution in [0, 0.1) is 0 Å². The molecule has 1 aromatic heterocycles. The van der Waals surface area contributed by atoms with Crippen LogP contribution in [0.1, 0.15) is 43.3 Å². The average Bonchev–Trinajstić information content (AvgIpc) is 3.20. The second kappa shape index (κ2) is 5.53. The van der Waals surface area contributed by atoms with Gasteiger partial charge >= 0.3 is 6.03 Å². The number of piperidine rings is 1. The Morgan fingerprint density at radius 2 is 1.91 bits per heavy atom. The third-order valence-corrected chi connectivity index (χ3v) is 5.03. The van der Waals surface area contributed by atoms with Crippen LogP contribution in [0.25, 0.3) is 0 Å². The number of aromatic nitrogens is 2. The van der Waals surface area contributed by atoms with E-state index in [1.165, 1.54) is 12.8 Å². The van der Waals surface area contributed by atoms with Crippen molar-refractivity contribution in [3.05, 3.63) is 11.7 Å². The lowest BCUT2D eigenvalue weighted by Gasteiger charge is -2.35. The van der Waals surface area contributed by atoms with Gasteiger partial charge in [0, 0.05) is 45.2 Å². The fourth-order valence-electron chi connectivity index (χ4n) is 3.43.